The fraction of sp³-hybridized carbons (Fsp3) is 0.562. The van der Waals surface area contributed by atoms with Crippen molar-refractivity contribution in [1.82, 2.24) is 5.32 Å². The normalized spacial score (nSPS) is 17.2. The molecule has 116 valence electrons. The van der Waals surface area contributed by atoms with Crippen molar-refractivity contribution in [3.63, 3.8) is 0 Å². The molecular formula is C16H24N2O2S. The molecule has 0 heterocycles. The number of hydrogen-bond acceptors (Lipinski definition) is 4. The lowest BCUT2D eigenvalue weighted by molar-refractivity contribution is 0.0947. The van der Waals surface area contributed by atoms with Crippen LogP contribution in [0.25, 0.3) is 0 Å². The van der Waals surface area contributed by atoms with E-state index in [0.717, 1.165) is 0 Å². The molecule has 0 aliphatic heterocycles. The van der Waals surface area contributed by atoms with E-state index in [9.17, 15) is 4.79 Å². The van der Waals surface area contributed by atoms with E-state index < -0.39 is 0 Å². The molecule has 1 saturated carbocycles. The van der Waals surface area contributed by atoms with Crippen molar-refractivity contribution in [2.24, 2.45) is 0 Å². The Morgan fingerprint density at radius 1 is 1.38 bits per heavy atom. The number of rotatable bonds is 5. The Morgan fingerprint density at radius 2 is 2.10 bits per heavy atom. The lowest BCUT2D eigenvalue weighted by Gasteiger charge is -2.35. The summed E-state index contributed by atoms with van der Waals surface area (Å²) in [5.41, 5.74) is 6.87. The molecule has 0 bridgehead atoms. The number of benzene rings is 1. The number of nitrogens with one attached hydrogen (secondary N) is 1. The smallest absolute Gasteiger partial charge is 0.253 e. The van der Waals surface area contributed by atoms with Gasteiger partial charge in [0.1, 0.15) is 5.75 Å². The Morgan fingerprint density at radius 3 is 2.71 bits per heavy atom. The van der Waals surface area contributed by atoms with Crippen LogP contribution in [0.3, 0.4) is 0 Å². The number of thioether (sulfide) groups is 1. The summed E-state index contributed by atoms with van der Waals surface area (Å²) in [6.07, 6.45) is 8.27. The Hall–Kier alpha value is -1.36. The molecule has 2 rings (SSSR count). The average molecular weight is 308 g/mol. The lowest BCUT2D eigenvalue weighted by Crippen LogP contribution is -2.41. The summed E-state index contributed by atoms with van der Waals surface area (Å²) in [4.78, 5) is 12.4. The van der Waals surface area contributed by atoms with Gasteiger partial charge in [-0.1, -0.05) is 19.3 Å². The van der Waals surface area contributed by atoms with Gasteiger partial charge in [0.15, 0.2) is 0 Å². The maximum atomic E-state index is 12.4. The van der Waals surface area contributed by atoms with Gasteiger partial charge in [0, 0.05) is 17.0 Å². The van der Waals surface area contributed by atoms with E-state index in [4.69, 9.17) is 10.5 Å². The van der Waals surface area contributed by atoms with Crippen molar-refractivity contribution in [3.05, 3.63) is 23.8 Å². The first-order valence-electron chi connectivity index (χ1n) is 7.37. The van der Waals surface area contributed by atoms with Gasteiger partial charge in [-0.2, -0.15) is 11.8 Å². The highest BCUT2D eigenvalue weighted by molar-refractivity contribution is 8.00. The average Bonchev–Trinajstić information content (AvgIpc) is 2.54. The number of carbonyl (C=O) groups is 1. The molecule has 21 heavy (non-hydrogen) atoms. The van der Waals surface area contributed by atoms with Crippen molar-refractivity contribution >= 4 is 23.4 Å². The molecule has 1 amide bonds. The molecule has 5 heteroatoms. The zero-order chi connectivity index (χ0) is 15.3. The highest BCUT2D eigenvalue weighted by atomic mass is 32.2. The number of hydrogen-bond donors (Lipinski definition) is 2. The minimum atomic E-state index is -0.120. The van der Waals surface area contributed by atoms with Gasteiger partial charge in [-0.25, -0.2) is 0 Å². The number of anilines is 1. The Bertz CT molecular complexity index is 499. The summed E-state index contributed by atoms with van der Waals surface area (Å²) >= 11 is 1.87. The quantitative estimate of drug-likeness (QED) is 0.821. The molecule has 1 aromatic carbocycles. The van der Waals surface area contributed by atoms with Crippen LogP contribution >= 0.6 is 11.8 Å². The van der Waals surface area contributed by atoms with Crippen molar-refractivity contribution in [3.8, 4) is 5.75 Å². The summed E-state index contributed by atoms with van der Waals surface area (Å²) in [5.74, 6) is 0.525. The van der Waals surface area contributed by atoms with Crippen LogP contribution in [-0.4, -0.2) is 30.6 Å². The van der Waals surface area contributed by atoms with Crippen LogP contribution in [0.4, 0.5) is 5.69 Å². The van der Waals surface area contributed by atoms with Gasteiger partial charge in [0.25, 0.3) is 5.91 Å². The van der Waals surface area contributed by atoms with E-state index in [0.29, 0.717) is 23.5 Å². The minimum Gasteiger partial charge on any atom is -0.497 e. The molecule has 1 aromatic rings. The Kier molecular flexibility index (Phi) is 5.39. The van der Waals surface area contributed by atoms with Gasteiger partial charge in [-0.3, -0.25) is 4.79 Å². The second kappa shape index (κ2) is 7.07. The van der Waals surface area contributed by atoms with Crippen LogP contribution in [0, 0.1) is 0 Å². The van der Waals surface area contributed by atoms with Crippen LogP contribution < -0.4 is 15.8 Å². The highest BCUT2D eigenvalue weighted by Crippen LogP contribution is 2.38. The molecule has 1 aliphatic rings. The SMILES string of the molecule is COc1ccc(N)c(C(=O)NCC2(SC)CCCCC2)c1. The van der Waals surface area contributed by atoms with E-state index in [1.54, 1.807) is 25.3 Å². The molecule has 0 spiro atoms. The van der Waals surface area contributed by atoms with E-state index >= 15 is 0 Å². The minimum absolute atomic E-state index is 0.120. The fourth-order valence-corrected chi connectivity index (χ4v) is 3.76. The molecule has 1 fully saturated rings. The third kappa shape index (κ3) is 3.84. The molecule has 4 nitrogen and oxygen atoms in total. The van der Waals surface area contributed by atoms with Gasteiger partial charge in [0.05, 0.1) is 12.7 Å². The molecule has 0 radical (unpaired) electrons. The molecule has 3 N–H and O–H groups in total. The molecule has 0 saturated heterocycles. The molecule has 1 aliphatic carbocycles. The van der Waals surface area contributed by atoms with Crippen molar-refractivity contribution in [2.75, 3.05) is 25.6 Å². The second-order valence-electron chi connectivity index (χ2n) is 5.58. The maximum Gasteiger partial charge on any atom is 0.253 e. The van der Waals surface area contributed by atoms with Crippen LogP contribution in [0.15, 0.2) is 18.2 Å². The van der Waals surface area contributed by atoms with Gasteiger partial charge in [0.2, 0.25) is 0 Å². The molecular weight excluding hydrogens is 284 g/mol. The number of methoxy groups -OCH3 is 1. The van der Waals surface area contributed by atoms with Crippen LogP contribution in [-0.2, 0) is 0 Å². The number of nitrogens with two attached hydrogens (primary N) is 1. The molecule has 0 unspecified atom stereocenters. The number of nitrogen functional groups attached to an aromatic ring is 1. The molecule has 0 aromatic heterocycles. The largest absolute Gasteiger partial charge is 0.497 e. The lowest BCUT2D eigenvalue weighted by atomic mass is 9.88. The van der Waals surface area contributed by atoms with E-state index in [1.165, 1.54) is 32.1 Å². The Balaban J connectivity index is 2.04. The Labute approximate surface area is 130 Å². The summed E-state index contributed by atoms with van der Waals surface area (Å²) in [5, 5.41) is 3.06. The summed E-state index contributed by atoms with van der Waals surface area (Å²) < 4.78 is 5.34. The summed E-state index contributed by atoms with van der Waals surface area (Å²) in [6, 6.07) is 5.16. The first-order chi connectivity index (χ1) is 10.1. The van der Waals surface area contributed by atoms with Crippen LogP contribution in [0.5, 0.6) is 5.75 Å². The fourth-order valence-electron chi connectivity index (χ4n) is 2.84. The van der Waals surface area contributed by atoms with Gasteiger partial charge >= 0.3 is 0 Å². The van der Waals surface area contributed by atoms with Gasteiger partial charge in [-0.05, 0) is 37.3 Å². The predicted molar refractivity (Wildman–Crippen MR) is 89.1 cm³/mol. The maximum absolute atomic E-state index is 12.4. The van der Waals surface area contributed by atoms with Crippen molar-refractivity contribution in [2.45, 2.75) is 36.9 Å². The third-order valence-electron chi connectivity index (χ3n) is 4.27. The second-order valence-corrected chi connectivity index (χ2v) is 6.86. The monoisotopic (exact) mass is 308 g/mol. The topological polar surface area (TPSA) is 64.3 Å². The van der Waals surface area contributed by atoms with Crippen molar-refractivity contribution < 1.29 is 9.53 Å². The van der Waals surface area contributed by atoms with E-state index in [1.807, 2.05) is 11.8 Å². The van der Waals surface area contributed by atoms with E-state index in [-0.39, 0.29) is 10.7 Å². The first kappa shape index (κ1) is 16.0. The van der Waals surface area contributed by atoms with Crippen LogP contribution in [0.2, 0.25) is 0 Å². The summed E-state index contributed by atoms with van der Waals surface area (Å²) in [7, 11) is 1.58. The van der Waals surface area contributed by atoms with Crippen LogP contribution in [0.1, 0.15) is 42.5 Å². The van der Waals surface area contributed by atoms with Gasteiger partial charge < -0.3 is 15.8 Å². The first-order valence-corrected chi connectivity index (χ1v) is 8.59. The molecule has 0 atom stereocenters. The number of carbonyl (C=O) groups excluding carboxylic acids is 1. The highest BCUT2D eigenvalue weighted by Gasteiger charge is 2.31. The van der Waals surface area contributed by atoms with Crippen molar-refractivity contribution in [1.29, 1.82) is 0 Å². The zero-order valence-electron chi connectivity index (χ0n) is 12.8. The number of amides is 1. The third-order valence-corrected chi connectivity index (χ3v) is 5.69. The summed E-state index contributed by atoms with van der Waals surface area (Å²) in [6.45, 7) is 0.698. The predicted octanol–water partition coefficient (Wildman–Crippen LogP) is 3.07. The van der Waals surface area contributed by atoms with E-state index in [2.05, 4.69) is 11.6 Å². The standard InChI is InChI=1S/C16H24N2O2S/c1-20-12-6-7-14(17)13(10-12)15(19)18-11-16(21-2)8-4-3-5-9-16/h6-7,10H,3-5,8-9,11,17H2,1-2H3,(H,18,19). The van der Waals surface area contributed by atoms with Gasteiger partial charge in [-0.15, -0.1) is 0 Å². The number of ether oxygens (including phenoxy) is 1. The zero-order valence-corrected chi connectivity index (χ0v) is 13.6.